The third-order valence-corrected chi connectivity index (χ3v) is 5.15. The van der Waals surface area contributed by atoms with Gasteiger partial charge in [-0.05, 0) is 24.9 Å². The van der Waals surface area contributed by atoms with Crippen LogP contribution in [-0.4, -0.2) is 78.8 Å². The number of anilines is 2. The Hall–Kier alpha value is -2.59. The van der Waals surface area contributed by atoms with Crippen LogP contribution in [-0.2, 0) is 0 Å². The summed E-state index contributed by atoms with van der Waals surface area (Å²) in [6.45, 7) is 7.95. The number of aromatic nitrogens is 4. The molecule has 1 aliphatic rings. The highest BCUT2D eigenvalue weighted by Gasteiger charge is 2.23. The molecule has 3 rings (SSSR count). The standard InChI is InChI=1S/C18H25N7O2S/c1-5-7-19-13-6-8-20-18(21-13)28-14-15(26-3)22-17(23-16(14)27-4)25-11-9-24(2)10-12-25/h5-6,8H,1,7,9-12H2,2-4H3,(H,19,20,21). The minimum Gasteiger partial charge on any atom is -0.480 e. The number of piperazine rings is 1. The Kier molecular flexibility index (Phi) is 6.88. The Morgan fingerprint density at radius 3 is 2.43 bits per heavy atom. The van der Waals surface area contributed by atoms with Gasteiger partial charge in [-0.2, -0.15) is 9.97 Å². The summed E-state index contributed by atoms with van der Waals surface area (Å²) in [5.74, 6) is 2.21. The molecular formula is C18H25N7O2S. The van der Waals surface area contributed by atoms with Crippen LogP contribution in [0.3, 0.4) is 0 Å². The van der Waals surface area contributed by atoms with Gasteiger partial charge in [-0.15, -0.1) is 6.58 Å². The second-order valence-electron chi connectivity index (χ2n) is 6.16. The van der Waals surface area contributed by atoms with E-state index in [2.05, 4.69) is 48.7 Å². The summed E-state index contributed by atoms with van der Waals surface area (Å²) in [4.78, 5) is 23.1. The smallest absolute Gasteiger partial charge is 0.236 e. The summed E-state index contributed by atoms with van der Waals surface area (Å²) in [5.41, 5.74) is 0. The van der Waals surface area contributed by atoms with Crippen LogP contribution in [0.4, 0.5) is 11.8 Å². The first kappa shape index (κ1) is 20.2. The maximum absolute atomic E-state index is 5.53. The van der Waals surface area contributed by atoms with Crippen molar-refractivity contribution in [1.82, 2.24) is 24.8 Å². The van der Waals surface area contributed by atoms with Crippen molar-refractivity contribution in [2.24, 2.45) is 0 Å². The lowest BCUT2D eigenvalue weighted by molar-refractivity contribution is 0.308. The van der Waals surface area contributed by atoms with E-state index in [0.29, 0.717) is 40.1 Å². The van der Waals surface area contributed by atoms with Gasteiger partial charge in [-0.1, -0.05) is 6.08 Å². The predicted molar refractivity (Wildman–Crippen MR) is 110 cm³/mol. The fourth-order valence-electron chi connectivity index (χ4n) is 2.67. The average Bonchev–Trinajstić information content (AvgIpc) is 2.73. The van der Waals surface area contributed by atoms with Gasteiger partial charge in [-0.25, -0.2) is 9.97 Å². The second kappa shape index (κ2) is 9.56. The van der Waals surface area contributed by atoms with Gasteiger partial charge < -0.3 is 24.6 Å². The molecule has 9 nitrogen and oxygen atoms in total. The second-order valence-corrected chi connectivity index (χ2v) is 7.14. The first-order valence-corrected chi connectivity index (χ1v) is 9.75. The molecule has 0 unspecified atom stereocenters. The van der Waals surface area contributed by atoms with E-state index < -0.39 is 0 Å². The van der Waals surface area contributed by atoms with Crippen molar-refractivity contribution in [3.63, 3.8) is 0 Å². The Morgan fingerprint density at radius 1 is 1.14 bits per heavy atom. The van der Waals surface area contributed by atoms with Crippen LogP contribution in [0, 0.1) is 0 Å². The van der Waals surface area contributed by atoms with Gasteiger partial charge in [0.2, 0.25) is 17.7 Å². The molecule has 0 atom stereocenters. The molecule has 1 N–H and O–H groups in total. The van der Waals surface area contributed by atoms with E-state index in [1.165, 1.54) is 11.8 Å². The highest BCUT2D eigenvalue weighted by molar-refractivity contribution is 7.99. The number of nitrogens with zero attached hydrogens (tertiary/aromatic N) is 6. The number of ether oxygens (including phenoxy) is 2. The molecule has 150 valence electrons. The first-order valence-electron chi connectivity index (χ1n) is 8.93. The summed E-state index contributed by atoms with van der Waals surface area (Å²) < 4.78 is 11.1. The summed E-state index contributed by atoms with van der Waals surface area (Å²) in [5, 5.41) is 3.69. The van der Waals surface area contributed by atoms with E-state index in [0.717, 1.165) is 26.2 Å². The van der Waals surface area contributed by atoms with Crippen molar-refractivity contribution in [3.05, 3.63) is 24.9 Å². The Balaban J connectivity index is 1.87. The molecule has 0 bridgehead atoms. The Bertz CT molecular complexity index is 787. The zero-order chi connectivity index (χ0) is 19.9. The number of methoxy groups -OCH3 is 2. The monoisotopic (exact) mass is 403 g/mol. The maximum atomic E-state index is 5.53. The molecule has 0 aromatic carbocycles. The normalized spacial score (nSPS) is 14.6. The van der Waals surface area contributed by atoms with Crippen molar-refractivity contribution in [2.45, 2.75) is 10.1 Å². The molecule has 0 amide bonds. The van der Waals surface area contributed by atoms with Gasteiger partial charge in [-0.3, -0.25) is 0 Å². The van der Waals surface area contributed by atoms with Gasteiger partial charge in [0.1, 0.15) is 10.7 Å². The molecule has 2 aromatic rings. The molecule has 0 spiro atoms. The summed E-state index contributed by atoms with van der Waals surface area (Å²) in [6.07, 6.45) is 3.46. The molecule has 0 aliphatic carbocycles. The van der Waals surface area contributed by atoms with Gasteiger partial charge in [0.25, 0.3) is 0 Å². The van der Waals surface area contributed by atoms with Gasteiger partial charge in [0.15, 0.2) is 5.16 Å². The lowest BCUT2D eigenvalue weighted by Gasteiger charge is -2.32. The van der Waals surface area contributed by atoms with Crippen LogP contribution in [0.5, 0.6) is 11.8 Å². The van der Waals surface area contributed by atoms with E-state index in [1.54, 1.807) is 32.6 Å². The number of rotatable bonds is 8. The molecule has 28 heavy (non-hydrogen) atoms. The van der Waals surface area contributed by atoms with E-state index in [-0.39, 0.29) is 0 Å². The maximum Gasteiger partial charge on any atom is 0.236 e. The zero-order valence-electron chi connectivity index (χ0n) is 16.4. The quantitative estimate of drug-likeness (QED) is 0.520. The molecule has 3 heterocycles. The topological polar surface area (TPSA) is 88.5 Å². The zero-order valence-corrected chi connectivity index (χ0v) is 17.2. The predicted octanol–water partition coefficient (Wildman–Crippen LogP) is 1.78. The third-order valence-electron chi connectivity index (χ3n) is 4.22. The third kappa shape index (κ3) is 4.82. The van der Waals surface area contributed by atoms with Crippen LogP contribution >= 0.6 is 11.8 Å². The molecule has 2 aromatic heterocycles. The van der Waals surface area contributed by atoms with Crippen molar-refractivity contribution in [3.8, 4) is 11.8 Å². The van der Waals surface area contributed by atoms with Gasteiger partial charge >= 0.3 is 0 Å². The SMILES string of the molecule is C=CCNc1ccnc(Sc2c(OC)nc(N3CCN(C)CC3)nc2OC)n1. The number of likely N-dealkylation sites (N-methyl/N-ethyl adjacent to an activating group) is 1. The number of hydrogen-bond donors (Lipinski definition) is 1. The Morgan fingerprint density at radius 2 is 1.82 bits per heavy atom. The van der Waals surface area contributed by atoms with Crippen LogP contribution < -0.4 is 19.7 Å². The van der Waals surface area contributed by atoms with E-state index in [1.807, 2.05) is 0 Å². The van der Waals surface area contributed by atoms with E-state index in [9.17, 15) is 0 Å². The first-order chi connectivity index (χ1) is 13.6. The van der Waals surface area contributed by atoms with Crippen molar-refractivity contribution >= 4 is 23.5 Å². The van der Waals surface area contributed by atoms with Crippen LogP contribution in [0.1, 0.15) is 0 Å². The van der Waals surface area contributed by atoms with Crippen LogP contribution in [0.25, 0.3) is 0 Å². The lowest BCUT2D eigenvalue weighted by atomic mass is 10.3. The number of nitrogens with one attached hydrogen (secondary N) is 1. The molecule has 1 saturated heterocycles. The van der Waals surface area contributed by atoms with Crippen LogP contribution in [0.15, 0.2) is 35.0 Å². The average molecular weight is 404 g/mol. The molecule has 0 radical (unpaired) electrons. The lowest BCUT2D eigenvalue weighted by Crippen LogP contribution is -2.45. The minimum absolute atomic E-state index is 0.443. The largest absolute Gasteiger partial charge is 0.480 e. The van der Waals surface area contributed by atoms with Crippen molar-refractivity contribution in [2.75, 3.05) is 64.2 Å². The highest BCUT2D eigenvalue weighted by atomic mass is 32.2. The van der Waals surface area contributed by atoms with Crippen LogP contribution in [0.2, 0.25) is 0 Å². The molecular weight excluding hydrogens is 378 g/mol. The summed E-state index contributed by atoms with van der Waals surface area (Å²) >= 11 is 1.30. The number of hydrogen-bond acceptors (Lipinski definition) is 10. The molecule has 0 saturated carbocycles. The fourth-order valence-corrected chi connectivity index (χ4v) is 3.54. The van der Waals surface area contributed by atoms with E-state index in [4.69, 9.17) is 9.47 Å². The molecule has 1 aliphatic heterocycles. The van der Waals surface area contributed by atoms with Crippen molar-refractivity contribution < 1.29 is 9.47 Å². The fraction of sp³-hybridized carbons (Fsp3) is 0.444. The molecule has 1 fully saturated rings. The van der Waals surface area contributed by atoms with E-state index >= 15 is 0 Å². The highest BCUT2D eigenvalue weighted by Crippen LogP contribution is 2.39. The molecule has 10 heteroatoms. The van der Waals surface area contributed by atoms with Gasteiger partial charge in [0, 0.05) is 38.9 Å². The summed E-state index contributed by atoms with van der Waals surface area (Å²) in [7, 11) is 5.28. The Labute approximate surface area is 169 Å². The van der Waals surface area contributed by atoms with Crippen molar-refractivity contribution in [1.29, 1.82) is 0 Å². The minimum atomic E-state index is 0.443. The van der Waals surface area contributed by atoms with Gasteiger partial charge in [0.05, 0.1) is 14.2 Å². The summed E-state index contributed by atoms with van der Waals surface area (Å²) in [6, 6.07) is 1.80.